The number of rotatable bonds is 4. The molecule has 2 aromatic rings. The quantitative estimate of drug-likeness (QED) is 0.583. The van der Waals surface area contributed by atoms with E-state index in [2.05, 4.69) is 20.5 Å². The summed E-state index contributed by atoms with van der Waals surface area (Å²) in [5, 5.41) is 12.9. The topological polar surface area (TPSA) is 107 Å². The van der Waals surface area contributed by atoms with Crippen LogP contribution in [0.3, 0.4) is 0 Å². The average molecular weight is 286 g/mol. The largest absolute Gasteiger partial charge is 0.478 e. The van der Waals surface area contributed by atoms with Gasteiger partial charge >= 0.3 is 5.97 Å². The van der Waals surface area contributed by atoms with E-state index in [0.29, 0.717) is 16.8 Å². The van der Waals surface area contributed by atoms with Crippen molar-refractivity contribution in [2.75, 3.05) is 5.43 Å². The minimum atomic E-state index is -1.03. The van der Waals surface area contributed by atoms with Gasteiger partial charge < -0.3 is 5.11 Å². The lowest BCUT2D eigenvalue weighted by atomic mass is 10.1. The van der Waals surface area contributed by atoms with Crippen LogP contribution in [-0.4, -0.2) is 27.3 Å². The van der Waals surface area contributed by atoms with Crippen LogP contribution in [0.15, 0.2) is 34.2 Å². The fraction of sp³-hybridized carbons (Fsp3) is 0.143. The van der Waals surface area contributed by atoms with Gasteiger partial charge in [0.15, 0.2) is 0 Å². The Bertz CT molecular complexity index is 765. The van der Waals surface area contributed by atoms with Gasteiger partial charge in [0.1, 0.15) is 0 Å². The molecule has 1 aromatic carbocycles. The van der Waals surface area contributed by atoms with Crippen molar-refractivity contribution in [3.8, 4) is 0 Å². The van der Waals surface area contributed by atoms with Crippen LogP contribution in [-0.2, 0) is 0 Å². The van der Waals surface area contributed by atoms with Crippen molar-refractivity contribution < 1.29 is 9.90 Å². The number of hydrazone groups is 1. The maximum Gasteiger partial charge on any atom is 0.336 e. The summed E-state index contributed by atoms with van der Waals surface area (Å²) < 4.78 is 0. The highest BCUT2D eigenvalue weighted by Gasteiger charge is 2.06. The number of aromatic nitrogens is 2. The molecule has 3 N–H and O–H groups in total. The predicted octanol–water partition coefficient (Wildman–Crippen LogP) is 1.53. The number of aromatic carboxylic acids is 1. The third-order valence-electron chi connectivity index (χ3n) is 2.96. The van der Waals surface area contributed by atoms with Crippen molar-refractivity contribution in [3.63, 3.8) is 0 Å². The van der Waals surface area contributed by atoms with E-state index >= 15 is 0 Å². The molecular weight excluding hydrogens is 272 g/mol. The summed E-state index contributed by atoms with van der Waals surface area (Å²) in [5.74, 6) is -0.832. The highest BCUT2D eigenvalue weighted by molar-refractivity contribution is 5.98. The van der Waals surface area contributed by atoms with Crippen molar-refractivity contribution in [1.82, 2.24) is 9.97 Å². The number of hydrogen-bond acceptors (Lipinski definition) is 5. The van der Waals surface area contributed by atoms with E-state index < -0.39 is 5.97 Å². The van der Waals surface area contributed by atoms with Gasteiger partial charge in [0.25, 0.3) is 5.56 Å². The lowest BCUT2D eigenvalue weighted by molar-refractivity contribution is 0.0697. The zero-order valence-corrected chi connectivity index (χ0v) is 11.5. The molecule has 0 saturated heterocycles. The molecule has 0 spiro atoms. The smallest absolute Gasteiger partial charge is 0.336 e. The van der Waals surface area contributed by atoms with Gasteiger partial charge in [-0.05, 0) is 19.9 Å². The second kappa shape index (κ2) is 6.00. The van der Waals surface area contributed by atoms with Crippen LogP contribution >= 0.6 is 0 Å². The summed E-state index contributed by atoms with van der Waals surface area (Å²) in [7, 11) is 0. The number of H-pyrrole nitrogens is 1. The first-order valence-electron chi connectivity index (χ1n) is 6.18. The van der Waals surface area contributed by atoms with Crippen molar-refractivity contribution >= 4 is 18.1 Å². The SMILES string of the molecule is Cc1nc(N/N=C\c2ccccc2C(=O)O)[nH]c(=O)c1C. The molecule has 0 aliphatic rings. The molecule has 0 unspecified atom stereocenters. The van der Waals surface area contributed by atoms with Gasteiger partial charge in [-0.2, -0.15) is 5.10 Å². The summed E-state index contributed by atoms with van der Waals surface area (Å²) in [6, 6.07) is 6.46. The standard InChI is InChI=1S/C14H14N4O3/c1-8-9(2)16-14(17-12(8)19)18-15-7-10-5-3-4-6-11(10)13(20)21/h3-7H,1-2H3,(H,20,21)(H2,16,17,18,19)/b15-7-. The van der Waals surface area contributed by atoms with Crippen LogP contribution in [0.1, 0.15) is 27.2 Å². The molecule has 7 heteroatoms. The number of benzene rings is 1. The predicted molar refractivity (Wildman–Crippen MR) is 78.9 cm³/mol. The molecule has 0 aliphatic carbocycles. The number of anilines is 1. The molecule has 0 saturated carbocycles. The lowest BCUT2D eigenvalue weighted by Gasteiger charge is -2.03. The molecule has 21 heavy (non-hydrogen) atoms. The Hall–Kier alpha value is -2.96. The molecule has 2 rings (SSSR count). The first-order valence-corrected chi connectivity index (χ1v) is 6.18. The highest BCUT2D eigenvalue weighted by Crippen LogP contribution is 2.06. The molecule has 0 fully saturated rings. The number of carbonyl (C=O) groups is 1. The van der Waals surface area contributed by atoms with E-state index in [9.17, 15) is 9.59 Å². The molecule has 0 radical (unpaired) electrons. The van der Waals surface area contributed by atoms with E-state index in [-0.39, 0.29) is 17.1 Å². The minimum absolute atomic E-state index is 0.143. The lowest BCUT2D eigenvalue weighted by Crippen LogP contribution is -2.15. The zero-order chi connectivity index (χ0) is 15.4. The van der Waals surface area contributed by atoms with Gasteiger partial charge in [0, 0.05) is 16.8 Å². The molecule has 1 aromatic heterocycles. The van der Waals surface area contributed by atoms with Gasteiger partial charge in [-0.3, -0.25) is 9.78 Å². The number of aryl methyl sites for hydroxylation is 1. The fourth-order valence-corrected chi connectivity index (χ4v) is 1.67. The normalized spacial score (nSPS) is 10.8. The van der Waals surface area contributed by atoms with Gasteiger partial charge in [-0.25, -0.2) is 15.2 Å². The average Bonchev–Trinajstić information content (AvgIpc) is 2.45. The molecule has 1 heterocycles. The molecule has 0 atom stereocenters. The number of aromatic amines is 1. The van der Waals surface area contributed by atoms with Crippen molar-refractivity contribution in [2.45, 2.75) is 13.8 Å². The third kappa shape index (κ3) is 3.33. The van der Waals surface area contributed by atoms with Crippen molar-refractivity contribution in [3.05, 3.63) is 57.0 Å². The maximum absolute atomic E-state index is 11.6. The Balaban J connectivity index is 2.21. The molecule has 0 bridgehead atoms. The monoisotopic (exact) mass is 286 g/mol. The first kappa shape index (κ1) is 14.4. The second-order valence-electron chi connectivity index (χ2n) is 4.39. The highest BCUT2D eigenvalue weighted by atomic mass is 16.4. The summed E-state index contributed by atoms with van der Waals surface area (Å²) >= 11 is 0. The van der Waals surface area contributed by atoms with Crippen LogP contribution < -0.4 is 11.0 Å². The van der Waals surface area contributed by atoms with Gasteiger partial charge in [0.05, 0.1) is 11.8 Å². The fourth-order valence-electron chi connectivity index (χ4n) is 1.67. The summed E-state index contributed by atoms with van der Waals surface area (Å²) in [6.07, 6.45) is 1.36. The van der Waals surface area contributed by atoms with E-state index in [0.717, 1.165) is 0 Å². The summed E-state index contributed by atoms with van der Waals surface area (Å²) in [6.45, 7) is 3.40. The molecule has 7 nitrogen and oxygen atoms in total. The third-order valence-corrected chi connectivity index (χ3v) is 2.96. The number of carboxylic acids is 1. The minimum Gasteiger partial charge on any atom is -0.478 e. The van der Waals surface area contributed by atoms with Gasteiger partial charge in [-0.15, -0.1) is 0 Å². The summed E-state index contributed by atoms with van der Waals surface area (Å²) in [4.78, 5) is 29.3. The Kier molecular flexibility index (Phi) is 4.13. The summed E-state index contributed by atoms with van der Waals surface area (Å²) in [5.41, 5.74) is 4.07. The van der Waals surface area contributed by atoms with Crippen LogP contribution in [0.5, 0.6) is 0 Å². The molecule has 0 aliphatic heterocycles. The molecule has 0 amide bonds. The number of carboxylic acid groups (broad SMARTS) is 1. The zero-order valence-electron chi connectivity index (χ0n) is 11.5. The number of nitrogens with one attached hydrogen (secondary N) is 2. The Morgan fingerprint density at radius 2 is 2.10 bits per heavy atom. The van der Waals surface area contributed by atoms with E-state index in [1.54, 1.807) is 32.0 Å². The maximum atomic E-state index is 11.6. The number of nitrogens with zero attached hydrogens (tertiary/aromatic N) is 2. The van der Waals surface area contributed by atoms with Crippen LogP contribution in [0.2, 0.25) is 0 Å². The van der Waals surface area contributed by atoms with E-state index in [4.69, 9.17) is 5.11 Å². The van der Waals surface area contributed by atoms with E-state index in [1.807, 2.05) is 0 Å². The van der Waals surface area contributed by atoms with Crippen molar-refractivity contribution in [1.29, 1.82) is 0 Å². The van der Waals surface area contributed by atoms with E-state index in [1.165, 1.54) is 12.3 Å². The Labute approximate surface area is 120 Å². The molecule has 108 valence electrons. The Morgan fingerprint density at radius 1 is 1.38 bits per heavy atom. The second-order valence-corrected chi connectivity index (χ2v) is 4.39. The van der Waals surface area contributed by atoms with Gasteiger partial charge in [-0.1, -0.05) is 18.2 Å². The Morgan fingerprint density at radius 3 is 2.76 bits per heavy atom. The van der Waals surface area contributed by atoms with Crippen molar-refractivity contribution in [2.24, 2.45) is 5.10 Å². The van der Waals surface area contributed by atoms with Gasteiger partial charge in [0.2, 0.25) is 5.95 Å². The van der Waals surface area contributed by atoms with Crippen LogP contribution in [0.4, 0.5) is 5.95 Å². The van der Waals surface area contributed by atoms with Crippen LogP contribution in [0, 0.1) is 13.8 Å². The first-order chi connectivity index (χ1) is 9.99. The van der Waals surface area contributed by atoms with Crippen LogP contribution in [0.25, 0.3) is 0 Å². The molecular formula is C14H14N4O3. The number of hydrogen-bond donors (Lipinski definition) is 3.